The summed E-state index contributed by atoms with van der Waals surface area (Å²) in [6.45, 7) is 0. The first-order valence-electron chi connectivity index (χ1n) is 0.894. The van der Waals surface area contributed by atoms with E-state index in [4.69, 9.17) is 19.2 Å². The molecule has 0 heterocycles. The average Bonchev–Trinajstić information content (AvgIpc) is 0.722. The molecular weight excluding hydrogens is 142 g/mol. The molecule has 7 heteroatoms. The van der Waals surface area contributed by atoms with Gasteiger partial charge in [-0.25, -0.2) is 0 Å². The fraction of sp³-hybridized carbons (Fsp3) is 0. The Labute approximate surface area is 76.2 Å². The van der Waals surface area contributed by atoms with E-state index in [2.05, 4.69) is 0 Å². The van der Waals surface area contributed by atoms with E-state index >= 15 is 0 Å². The third kappa shape index (κ3) is 93.9. The van der Waals surface area contributed by atoms with Crippen LogP contribution in [0.15, 0.2) is 0 Å². The third-order valence-corrected chi connectivity index (χ3v) is 0. The van der Waals surface area contributed by atoms with E-state index in [1.54, 1.807) is 0 Å². The van der Waals surface area contributed by atoms with Crippen molar-refractivity contribution in [2.24, 2.45) is 0 Å². The summed E-state index contributed by atoms with van der Waals surface area (Å²) >= 11 is 0. The molecule has 0 rings (SSSR count). The molecular formula is H10AlNaO4Si. The van der Waals surface area contributed by atoms with Crippen LogP contribution in [0.3, 0.4) is 0 Å². The Balaban J connectivity index is -0.0000000267. The van der Waals surface area contributed by atoms with Crippen LogP contribution in [0.4, 0.5) is 0 Å². The van der Waals surface area contributed by atoms with Gasteiger partial charge in [0.25, 0.3) is 0 Å². The van der Waals surface area contributed by atoms with Gasteiger partial charge >= 0.3 is 38.6 Å². The number of rotatable bonds is 0. The summed E-state index contributed by atoms with van der Waals surface area (Å²) in [4.78, 5) is 29.3. The molecule has 0 aromatic rings. The minimum atomic E-state index is -4.61. The van der Waals surface area contributed by atoms with Crippen molar-refractivity contribution in [3.63, 3.8) is 0 Å². The van der Waals surface area contributed by atoms with Crippen molar-refractivity contribution in [3.8, 4) is 0 Å². The Morgan fingerprint density at radius 2 is 1.00 bits per heavy atom. The molecule has 0 aliphatic rings. The van der Waals surface area contributed by atoms with Crippen LogP contribution in [0.5, 0.6) is 0 Å². The molecule has 0 aromatic carbocycles. The normalized spacial score (nSPS) is 8.57. The first-order valence-corrected chi connectivity index (χ1v) is 2.68. The van der Waals surface area contributed by atoms with Crippen molar-refractivity contribution in [3.05, 3.63) is 0 Å². The number of hydrogen-bond donors (Lipinski definition) is 4. The van der Waals surface area contributed by atoms with E-state index in [9.17, 15) is 0 Å². The monoisotopic (exact) mass is 152 g/mol. The van der Waals surface area contributed by atoms with Gasteiger partial charge in [-0.05, 0) is 0 Å². The Kier molecular flexibility index (Phi) is 12.9. The van der Waals surface area contributed by atoms with Crippen LogP contribution in [-0.2, 0) is 0 Å². The van der Waals surface area contributed by atoms with E-state index in [0.29, 0.717) is 0 Å². The Bertz CT molecular complexity index is 31.5. The van der Waals surface area contributed by atoms with E-state index < -0.39 is 9.05 Å². The molecule has 42 valence electrons. The van der Waals surface area contributed by atoms with Crippen LogP contribution in [0, 0.1) is 0 Å². The van der Waals surface area contributed by atoms with Crippen molar-refractivity contribution in [2.75, 3.05) is 0 Å². The van der Waals surface area contributed by atoms with Crippen LogP contribution in [0.25, 0.3) is 0 Å². The van der Waals surface area contributed by atoms with Crippen LogP contribution in [-0.4, -0.2) is 75.1 Å². The zero-order chi connectivity index (χ0) is 4.50. The van der Waals surface area contributed by atoms with Crippen LogP contribution >= 0.6 is 0 Å². The van der Waals surface area contributed by atoms with Gasteiger partial charge in [0.1, 0.15) is 0 Å². The summed E-state index contributed by atoms with van der Waals surface area (Å²) in [5.41, 5.74) is 0. The van der Waals surface area contributed by atoms with Gasteiger partial charge in [-0.1, -0.05) is 0 Å². The van der Waals surface area contributed by atoms with E-state index in [1.807, 2.05) is 0 Å². The second kappa shape index (κ2) is 5.72. The summed E-state index contributed by atoms with van der Waals surface area (Å²) < 4.78 is 0. The molecule has 0 saturated heterocycles. The van der Waals surface area contributed by atoms with Crippen molar-refractivity contribution in [1.82, 2.24) is 0 Å². The zero-order valence-electron chi connectivity index (χ0n) is 2.29. The molecule has 0 amide bonds. The topological polar surface area (TPSA) is 80.9 Å². The Morgan fingerprint density at radius 3 is 1.00 bits per heavy atom. The SMILES string of the molecule is O[Si](O)(O)O.[AlH3].[HH].[NaH]. The maximum atomic E-state index is 7.33. The van der Waals surface area contributed by atoms with Crippen LogP contribution in [0.2, 0.25) is 0 Å². The van der Waals surface area contributed by atoms with Gasteiger partial charge in [0, 0.05) is 1.43 Å². The van der Waals surface area contributed by atoms with Gasteiger partial charge in [0.2, 0.25) is 0 Å². The minimum absolute atomic E-state index is 0. The molecule has 0 fully saturated rings. The first-order chi connectivity index (χ1) is 2.00. The summed E-state index contributed by atoms with van der Waals surface area (Å²) in [6, 6.07) is 0. The maximum absolute atomic E-state index is 7.33. The van der Waals surface area contributed by atoms with Gasteiger partial charge < -0.3 is 19.2 Å². The molecule has 0 unspecified atom stereocenters. The molecule has 0 aromatic heterocycles. The fourth-order valence-corrected chi connectivity index (χ4v) is 0. The Hall–Kier alpha value is 1.59. The molecule has 4 N–H and O–H groups in total. The van der Waals surface area contributed by atoms with E-state index in [0.717, 1.165) is 0 Å². The van der Waals surface area contributed by atoms with Gasteiger partial charge in [-0.3, -0.25) is 0 Å². The summed E-state index contributed by atoms with van der Waals surface area (Å²) in [5, 5.41) is 0. The molecule has 0 aliphatic carbocycles. The summed E-state index contributed by atoms with van der Waals surface area (Å²) in [5.74, 6) is 0. The van der Waals surface area contributed by atoms with Crippen LogP contribution in [0.1, 0.15) is 1.43 Å². The molecule has 7 heavy (non-hydrogen) atoms. The molecule has 0 radical (unpaired) electrons. The first kappa shape index (κ1) is 15.8. The van der Waals surface area contributed by atoms with Gasteiger partial charge in [0.05, 0.1) is 0 Å². The predicted molar refractivity (Wildman–Crippen MR) is 33.8 cm³/mol. The molecule has 0 spiro atoms. The summed E-state index contributed by atoms with van der Waals surface area (Å²) in [7, 11) is -4.61. The molecule has 0 atom stereocenters. The van der Waals surface area contributed by atoms with E-state index in [1.165, 1.54) is 0 Å². The number of hydrogen-bond acceptors (Lipinski definition) is 4. The van der Waals surface area contributed by atoms with Gasteiger partial charge in [0.15, 0.2) is 17.4 Å². The molecule has 0 aliphatic heterocycles. The standard InChI is InChI=1S/Al.Na.H4O4Si.H2.4H/c;;1-5(2,3)4;;;;;/h;;1-4H;1H;;;;. The molecule has 0 bridgehead atoms. The van der Waals surface area contributed by atoms with Crippen LogP contribution < -0.4 is 0 Å². The second-order valence-electron chi connectivity index (χ2n) is 0.600. The van der Waals surface area contributed by atoms with E-state index in [-0.39, 0.29) is 48.3 Å². The van der Waals surface area contributed by atoms with Crippen molar-refractivity contribution >= 4 is 56.0 Å². The molecule has 0 saturated carbocycles. The van der Waals surface area contributed by atoms with Crippen molar-refractivity contribution in [2.45, 2.75) is 0 Å². The van der Waals surface area contributed by atoms with Gasteiger partial charge in [-0.2, -0.15) is 0 Å². The van der Waals surface area contributed by atoms with Gasteiger partial charge in [-0.15, -0.1) is 0 Å². The quantitative estimate of drug-likeness (QED) is 0.265. The summed E-state index contributed by atoms with van der Waals surface area (Å²) in [6.07, 6.45) is 0. The predicted octanol–water partition coefficient (Wildman–Crippen LogP) is -4.20. The van der Waals surface area contributed by atoms with Crippen molar-refractivity contribution < 1.29 is 20.6 Å². The van der Waals surface area contributed by atoms with Crippen molar-refractivity contribution in [1.29, 1.82) is 0 Å². The average molecular weight is 152 g/mol. The second-order valence-corrected chi connectivity index (χ2v) is 1.80. The third-order valence-electron chi connectivity index (χ3n) is 0. The fourth-order valence-electron chi connectivity index (χ4n) is 0. The zero-order valence-corrected chi connectivity index (χ0v) is 3.29. The molecule has 4 nitrogen and oxygen atoms in total. The Morgan fingerprint density at radius 1 is 1.00 bits per heavy atom.